The van der Waals surface area contributed by atoms with Gasteiger partial charge in [-0.3, -0.25) is 4.99 Å². The van der Waals surface area contributed by atoms with Crippen LogP contribution in [-0.4, -0.2) is 31.1 Å². The molecule has 1 aromatic carbocycles. The number of aliphatic imine (C=N–C) groups is 1. The number of aliphatic hydroxyl groups excluding tert-OH is 1. The number of anilines is 1. The summed E-state index contributed by atoms with van der Waals surface area (Å²) in [7, 11) is 0. The van der Waals surface area contributed by atoms with Crippen molar-refractivity contribution in [2.75, 3.05) is 24.6 Å². The van der Waals surface area contributed by atoms with Crippen LogP contribution in [0.3, 0.4) is 0 Å². The molecule has 0 saturated carbocycles. The van der Waals surface area contributed by atoms with Gasteiger partial charge in [-0.15, -0.1) is 0 Å². The fraction of sp³-hybridized carbons (Fsp3) is 0.417. The molecule has 0 spiro atoms. The second-order valence-electron chi connectivity index (χ2n) is 3.89. The van der Waals surface area contributed by atoms with Crippen molar-refractivity contribution in [3.05, 3.63) is 29.8 Å². The van der Waals surface area contributed by atoms with Crippen LogP contribution in [0.2, 0.25) is 0 Å². The maximum absolute atomic E-state index is 9.10. The summed E-state index contributed by atoms with van der Waals surface area (Å²) >= 11 is 0. The predicted octanol–water partition coefficient (Wildman–Crippen LogP) is 1.63. The SMILES string of the molecule is CC(CO)c1cccc(N2C=NCC2)c1. The molecule has 1 unspecified atom stereocenters. The third-order valence-electron chi connectivity index (χ3n) is 2.74. The van der Waals surface area contributed by atoms with E-state index in [1.807, 2.05) is 19.3 Å². The minimum atomic E-state index is 0.192. The Hall–Kier alpha value is -1.35. The first kappa shape index (κ1) is 10.2. The van der Waals surface area contributed by atoms with Crippen molar-refractivity contribution < 1.29 is 5.11 Å². The van der Waals surface area contributed by atoms with E-state index in [1.165, 1.54) is 5.56 Å². The molecule has 1 aliphatic rings. The van der Waals surface area contributed by atoms with Crippen molar-refractivity contribution >= 4 is 12.0 Å². The summed E-state index contributed by atoms with van der Waals surface area (Å²) < 4.78 is 0. The third kappa shape index (κ3) is 2.18. The molecule has 0 bridgehead atoms. The molecule has 1 heterocycles. The van der Waals surface area contributed by atoms with E-state index in [9.17, 15) is 0 Å². The molecular weight excluding hydrogens is 188 g/mol. The lowest BCUT2D eigenvalue weighted by Gasteiger charge is -2.16. The highest BCUT2D eigenvalue weighted by atomic mass is 16.3. The molecule has 0 aromatic heterocycles. The van der Waals surface area contributed by atoms with Crippen LogP contribution in [0, 0.1) is 0 Å². The van der Waals surface area contributed by atoms with Crippen molar-refractivity contribution in [3.63, 3.8) is 0 Å². The van der Waals surface area contributed by atoms with Crippen molar-refractivity contribution in [2.24, 2.45) is 4.99 Å². The standard InChI is InChI=1S/C12H16N2O/c1-10(8-15)11-3-2-4-12(7-11)14-6-5-13-9-14/h2-4,7,9-10,15H,5-6,8H2,1H3. The molecule has 1 aromatic rings. The molecule has 0 amide bonds. The Bertz CT molecular complexity index is 362. The van der Waals surface area contributed by atoms with Gasteiger partial charge in [0.25, 0.3) is 0 Å². The van der Waals surface area contributed by atoms with Crippen LogP contribution >= 0.6 is 0 Å². The first-order chi connectivity index (χ1) is 7.31. The van der Waals surface area contributed by atoms with E-state index >= 15 is 0 Å². The van der Waals surface area contributed by atoms with Crippen LogP contribution in [0.25, 0.3) is 0 Å². The number of rotatable bonds is 3. The van der Waals surface area contributed by atoms with Crippen LogP contribution in [0.1, 0.15) is 18.4 Å². The van der Waals surface area contributed by atoms with Gasteiger partial charge in [-0.25, -0.2) is 0 Å². The molecule has 80 valence electrons. The average molecular weight is 204 g/mol. The quantitative estimate of drug-likeness (QED) is 0.812. The molecule has 3 nitrogen and oxygen atoms in total. The highest BCUT2D eigenvalue weighted by Crippen LogP contribution is 2.21. The van der Waals surface area contributed by atoms with Crippen molar-refractivity contribution in [3.8, 4) is 0 Å². The lowest BCUT2D eigenvalue weighted by Crippen LogP contribution is -2.18. The summed E-state index contributed by atoms with van der Waals surface area (Å²) in [4.78, 5) is 6.32. The average Bonchev–Trinajstić information content (AvgIpc) is 2.82. The molecule has 0 radical (unpaired) electrons. The number of hydrogen-bond donors (Lipinski definition) is 1. The smallest absolute Gasteiger partial charge is 0.0895 e. The van der Waals surface area contributed by atoms with Gasteiger partial charge >= 0.3 is 0 Å². The Morgan fingerprint density at radius 1 is 1.53 bits per heavy atom. The van der Waals surface area contributed by atoms with E-state index in [0.29, 0.717) is 0 Å². The lowest BCUT2D eigenvalue weighted by atomic mass is 10.0. The van der Waals surface area contributed by atoms with Gasteiger partial charge in [0, 0.05) is 24.8 Å². The van der Waals surface area contributed by atoms with E-state index in [-0.39, 0.29) is 12.5 Å². The minimum Gasteiger partial charge on any atom is -0.396 e. The molecule has 0 saturated heterocycles. The second kappa shape index (κ2) is 4.45. The molecule has 0 fully saturated rings. The molecule has 1 aliphatic heterocycles. The van der Waals surface area contributed by atoms with Gasteiger partial charge in [-0.05, 0) is 17.7 Å². The summed E-state index contributed by atoms with van der Waals surface area (Å²) in [6.45, 7) is 4.05. The molecular formula is C12H16N2O. The first-order valence-electron chi connectivity index (χ1n) is 5.28. The Labute approximate surface area is 90.1 Å². The molecule has 3 heteroatoms. The molecule has 0 aliphatic carbocycles. The first-order valence-corrected chi connectivity index (χ1v) is 5.28. The van der Waals surface area contributed by atoms with Gasteiger partial charge in [0.05, 0.1) is 12.9 Å². The number of benzene rings is 1. The maximum Gasteiger partial charge on any atom is 0.0895 e. The van der Waals surface area contributed by atoms with Crippen LogP contribution in [0.4, 0.5) is 5.69 Å². The Kier molecular flexibility index (Phi) is 3.02. The summed E-state index contributed by atoms with van der Waals surface area (Å²) in [6, 6.07) is 8.28. The Morgan fingerprint density at radius 3 is 3.07 bits per heavy atom. The summed E-state index contributed by atoms with van der Waals surface area (Å²) in [5.41, 5.74) is 2.34. The van der Waals surface area contributed by atoms with Crippen molar-refractivity contribution in [1.29, 1.82) is 0 Å². The second-order valence-corrected chi connectivity index (χ2v) is 3.89. The zero-order valence-corrected chi connectivity index (χ0v) is 8.93. The van der Waals surface area contributed by atoms with Crippen molar-refractivity contribution in [2.45, 2.75) is 12.8 Å². The van der Waals surface area contributed by atoms with Crippen LogP contribution < -0.4 is 4.90 Å². The van der Waals surface area contributed by atoms with E-state index < -0.39 is 0 Å². The number of aliphatic hydroxyl groups is 1. The van der Waals surface area contributed by atoms with Gasteiger partial charge in [0.15, 0.2) is 0 Å². The molecule has 1 atom stereocenters. The van der Waals surface area contributed by atoms with Crippen LogP contribution in [0.15, 0.2) is 29.3 Å². The fourth-order valence-electron chi connectivity index (χ4n) is 1.69. The van der Waals surface area contributed by atoms with Crippen LogP contribution in [-0.2, 0) is 0 Å². The maximum atomic E-state index is 9.10. The Morgan fingerprint density at radius 2 is 2.40 bits per heavy atom. The minimum absolute atomic E-state index is 0.192. The number of hydrogen-bond acceptors (Lipinski definition) is 3. The molecule has 2 rings (SSSR count). The zero-order chi connectivity index (χ0) is 10.7. The van der Waals surface area contributed by atoms with Gasteiger partial charge in [-0.2, -0.15) is 0 Å². The molecule has 15 heavy (non-hydrogen) atoms. The normalized spacial score (nSPS) is 17.1. The summed E-state index contributed by atoms with van der Waals surface area (Å²) in [5, 5.41) is 9.10. The van der Waals surface area contributed by atoms with Gasteiger partial charge in [-0.1, -0.05) is 19.1 Å². The topological polar surface area (TPSA) is 35.8 Å². The lowest BCUT2D eigenvalue weighted by molar-refractivity contribution is 0.273. The largest absolute Gasteiger partial charge is 0.396 e. The van der Waals surface area contributed by atoms with E-state index in [1.54, 1.807) is 0 Å². The van der Waals surface area contributed by atoms with Crippen LogP contribution in [0.5, 0.6) is 0 Å². The highest BCUT2D eigenvalue weighted by Gasteiger charge is 2.10. The molecule has 1 N–H and O–H groups in total. The monoisotopic (exact) mass is 204 g/mol. The van der Waals surface area contributed by atoms with Gasteiger partial charge in [0.2, 0.25) is 0 Å². The van der Waals surface area contributed by atoms with Crippen molar-refractivity contribution in [1.82, 2.24) is 0 Å². The van der Waals surface area contributed by atoms with E-state index in [0.717, 1.165) is 18.8 Å². The van der Waals surface area contributed by atoms with Gasteiger partial charge in [0.1, 0.15) is 0 Å². The van der Waals surface area contributed by atoms with Gasteiger partial charge < -0.3 is 10.0 Å². The Balaban J connectivity index is 2.22. The summed E-state index contributed by atoms with van der Waals surface area (Å²) in [6.07, 6.45) is 1.88. The van der Waals surface area contributed by atoms with E-state index in [4.69, 9.17) is 5.11 Å². The predicted molar refractivity (Wildman–Crippen MR) is 62.6 cm³/mol. The third-order valence-corrected chi connectivity index (χ3v) is 2.74. The fourth-order valence-corrected chi connectivity index (χ4v) is 1.69. The highest BCUT2D eigenvalue weighted by molar-refractivity contribution is 5.81. The summed E-state index contributed by atoms with van der Waals surface area (Å²) in [5.74, 6) is 0.199. The zero-order valence-electron chi connectivity index (χ0n) is 8.93. The van der Waals surface area contributed by atoms with E-state index in [2.05, 4.69) is 28.1 Å². The number of nitrogens with zero attached hydrogens (tertiary/aromatic N) is 2.